The van der Waals surface area contributed by atoms with Gasteiger partial charge in [0.15, 0.2) is 0 Å². The van der Waals surface area contributed by atoms with Gasteiger partial charge >= 0.3 is 0 Å². The van der Waals surface area contributed by atoms with E-state index in [9.17, 15) is 9.50 Å². The van der Waals surface area contributed by atoms with Crippen molar-refractivity contribution in [3.8, 4) is 5.75 Å². The number of rotatable bonds is 8. The molecular formula is C20H31FO2. The van der Waals surface area contributed by atoms with E-state index in [0.29, 0.717) is 25.7 Å². The van der Waals surface area contributed by atoms with E-state index in [1.807, 2.05) is 24.3 Å². The van der Waals surface area contributed by atoms with E-state index in [2.05, 4.69) is 6.92 Å². The average molecular weight is 322 g/mol. The van der Waals surface area contributed by atoms with Crippen molar-refractivity contribution in [2.45, 2.75) is 76.5 Å². The molecule has 1 fully saturated rings. The van der Waals surface area contributed by atoms with E-state index in [1.54, 1.807) is 7.11 Å². The molecule has 1 N–H and O–H groups in total. The third-order valence-corrected chi connectivity index (χ3v) is 5.30. The van der Waals surface area contributed by atoms with Crippen LogP contribution in [0.2, 0.25) is 0 Å². The van der Waals surface area contributed by atoms with Crippen LogP contribution in [-0.2, 0) is 6.42 Å². The Bertz CT molecular complexity index is 449. The van der Waals surface area contributed by atoms with Gasteiger partial charge in [-0.2, -0.15) is 0 Å². The van der Waals surface area contributed by atoms with Crippen LogP contribution in [0, 0.1) is 5.92 Å². The highest BCUT2D eigenvalue weighted by Gasteiger charge is 2.36. The number of benzene rings is 1. The number of hydrogen-bond donors (Lipinski definition) is 1. The first kappa shape index (κ1) is 18.3. The van der Waals surface area contributed by atoms with Crippen LogP contribution in [0.25, 0.3) is 0 Å². The van der Waals surface area contributed by atoms with Gasteiger partial charge in [0.25, 0.3) is 0 Å². The highest BCUT2D eigenvalue weighted by atomic mass is 19.1. The maximum atomic E-state index is 14.7. The number of halogens is 1. The van der Waals surface area contributed by atoms with Crippen LogP contribution in [0.15, 0.2) is 24.3 Å². The molecule has 0 aliphatic heterocycles. The molecule has 2 rings (SSSR count). The number of aliphatic hydroxyl groups is 1. The van der Waals surface area contributed by atoms with Gasteiger partial charge in [-0.25, -0.2) is 4.39 Å². The summed E-state index contributed by atoms with van der Waals surface area (Å²) < 4.78 is 19.9. The van der Waals surface area contributed by atoms with Gasteiger partial charge in [-0.15, -0.1) is 0 Å². The lowest BCUT2D eigenvalue weighted by Gasteiger charge is -2.36. The monoisotopic (exact) mass is 322 g/mol. The van der Waals surface area contributed by atoms with Crippen LogP contribution < -0.4 is 4.74 Å². The topological polar surface area (TPSA) is 29.5 Å². The Morgan fingerprint density at radius 3 is 2.43 bits per heavy atom. The summed E-state index contributed by atoms with van der Waals surface area (Å²) in [5, 5.41) is 10.5. The fourth-order valence-corrected chi connectivity index (χ4v) is 3.65. The second kappa shape index (κ2) is 8.68. The molecule has 0 bridgehead atoms. The van der Waals surface area contributed by atoms with Gasteiger partial charge in [-0.05, 0) is 62.1 Å². The van der Waals surface area contributed by atoms with Gasteiger partial charge < -0.3 is 9.84 Å². The molecule has 3 heteroatoms. The number of ether oxygens (including phenoxy) is 1. The van der Waals surface area contributed by atoms with Crippen LogP contribution in [0.1, 0.15) is 63.9 Å². The first-order chi connectivity index (χ1) is 11.1. The molecule has 0 aromatic heterocycles. The molecule has 130 valence electrons. The Kier molecular flexibility index (Phi) is 6.88. The summed E-state index contributed by atoms with van der Waals surface area (Å²) in [5.41, 5.74) is 0.129. The summed E-state index contributed by atoms with van der Waals surface area (Å²) in [7, 11) is 1.65. The molecular weight excluding hydrogens is 291 g/mol. The smallest absolute Gasteiger partial charge is 0.118 e. The Balaban J connectivity index is 1.79. The quantitative estimate of drug-likeness (QED) is 0.677. The van der Waals surface area contributed by atoms with Crippen molar-refractivity contribution in [2.75, 3.05) is 7.11 Å². The minimum absolute atomic E-state index is 0.229. The largest absolute Gasteiger partial charge is 0.497 e. The predicted octanol–water partition coefficient (Wildman–Crippen LogP) is 5.08. The highest BCUT2D eigenvalue weighted by Crippen LogP contribution is 2.40. The fraction of sp³-hybridized carbons (Fsp3) is 0.700. The molecule has 2 nitrogen and oxygen atoms in total. The molecule has 0 amide bonds. The van der Waals surface area contributed by atoms with E-state index in [4.69, 9.17) is 4.74 Å². The van der Waals surface area contributed by atoms with E-state index < -0.39 is 5.67 Å². The van der Waals surface area contributed by atoms with Gasteiger partial charge in [0, 0.05) is 0 Å². The summed E-state index contributed by atoms with van der Waals surface area (Å²) in [4.78, 5) is 0. The lowest BCUT2D eigenvalue weighted by molar-refractivity contribution is 0.0204. The fourth-order valence-electron chi connectivity index (χ4n) is 3.65. The van der Waals surface area contributed by atoms with Crippen molar-refractivity contribution >= 4 is 0 Å². The maximum Gasteiger partial charge on any atom is 0.118 e. The number of hydrogen-bond acceptors (Lipinski definition) is 2. The molecule has 1 atom stereocenters. The second-order valence-electron chi connectivity index (χ2n) is 7.06. The van der Waals surface area contributed by atoms with Crippen molar-refractivity contribution in [1.29, 1.82) is 0 Å². The summed E-state index contributed by atoms with van der Waals surface area (Å²) in [5.74, 6) is 1.06. The molecule has 1 unspecified atom stereocenters. The molecule has 0 heterocycles. The summed E-state index contributed by atoms with van der Waals surface area (Å²) >= 11 is 0. The normalized spacial score (nSPS) is 26.0. The standard InChI is InChI=1S/C20H31FO2/c1-3-4-5-12-20(21)13-10-17(11-14-20)19(22)15-16-6-8-18(23-2)9-7-16/h6-9,17,19,22H,3-5,10-15H2,1-2H3. The molecule has 0 saturated heterocycles. The van der Waals surface area contributed by atoms with Crippen molar-refractivity contribution in [1.82, 2.24) is 0 Å². The molecule has 1 aromatic carbocycles. The predicted molar refractivity (Wildman–Crippen MR) is 92.6 cm³/mol. The van der Waals surface area contributed by atoms with Crippen molar-refractivity contribution < 1.29 is 14.2 Å². The van der Waals surface area contributed by atoms with Gasteiger partial charge in [-0.3, -0.25) is 0 Å². The molecule has 0 radical (unpaired) electrons. The number of aliphatic hydroxyl groups excluding tert-OH is 1. The van der Waals surface area contributed by atoms with E-state index in [1.165, 1.54) is 0 Å². The summed E-state index contributed by atoms with van der Waals surface area (Å²) in [6.07, 6.45) is 7.05. The molecule has 23 heavy (non-hydrogen) atoms. The van der Waals surface area contributed by atoms with Gasteiger partial charge in [-0.1, -0.05) is 38.3 Å². The van der Waals surface area contributed by atoms with Gasteiger partial charge in [0.1, 0.15) is 11.4 Å². The van der Waals surface area contributed by atoms with Crippen LogP contribution >= 0.6 is 0 Å². The lowest BCUT2D eigenvalue weighted by atomic mass is 9.75. The first-order valence-electron chi connectivity index (χ1n) is 9.06. The van der Waals surface area contributed by atoms with Crippen molar-refractivity contribution in [3.05, 3.63) is 29.8 Å². The van der Waals surface area contributed by atoms with Crippen molar-refractivity contribution in [3.63, 3.8) is 0 Å². The minimum atomic E-state index is -0.981. The average Bonchev–Trinajstić information content (AvgIpc) is 2.56. The Hall–Kier alpha value is -1.09. The van der Waals surface area contributed by atoms with Crippen LogP contribution in [0.4, 0.5) is 4.39 Å². The van der Waals surface area contributed by atoms with Gasteiger partial charge in [0.05, 0.1) is 13.2 Å². The third kappa shape index (κ3) is 5.49. The SMILES string of the molecule is CCCCCC1(F)CCC(C(O)Cc2ccc(OC)cc2)CC1. The zero-order valence-corrected chi connectivity index (χ0v) is 14.6. The Morgan fingerprint density at radius 2 is 1.87 bits per heavy atom. The zero-order valence-electron chi connectivity index (χ0n) is 14.6. The Labute approximate surface area is 140 Å². The van der Waals surface area contributed by atoms with Crippen LogP contribution in [0.5, 0.6) is 5.75 Å². The Morgan fingerprint density at radius 1 is 1.22 bits per heavy atom. The van der Waals surface area contributed by atoms with E-state index in [0.717, 1.165) is 43.4 Å². The summed E-state index contributed by atoms with van der Waals surface area (Å²) in [6, 6.07) is 7.83. The zero-order chi connectivity index (χ0) is 16.7. The third-order valence-electron chi connectivity index (χ3n) is 5.30. The maximum absolute atomic E-state index is 14.7. The summed E-state index contributed by atoms with van der Waals surface area (Å²) in [6.45, 7) is 2.15. The molecule has 1 saturated carbocycles. The molecule has 1 aromatic rings. The number of unbranched alkanes of at least 4 members (excludes halogenated alkanes) is 2. The van der Waals surface area contributed by atoms with Crippen LogP contribution in [-0.4, -0.2) is 24.0 Å². The van der Waals surface area contributed by atoms with Crippen molar-refractivity contribution in [2.24, 2.45) is 5.92 Å². The molecule has 1 aliphatic rings. The second-order valence-corrected chi connectivity index (χ2v) is 7.06. The lowest BCUT2D eigenvalue weighted by Crippen LogP contribution is -2.34. The molecule has 0 spiro atoms. The minimum Gasteiger partial charge on any atom is -0.497 e. The molecule has 1 aliphatic carbocycles. The van der Waals surface area contributed by atoms with E-state index >= 15 is 0 Å². The van der Waals surface area contributed by atoms with Gasteiger partial charge in [0.2, 0.25) is 0 Å². The number of methoxy groups -OCH3 is 1. The van der Waals surface area contributed by atoms with Crippen LogP contribution in [0.3, 0.4) is 0 Å². The highest BCUT2D eigenvalue weighted by molar-refractivity contribution is 5.27. The van der Waals surface area contributed by atoms with E-state index in [-0.39, 0.29) is 12.0 Å². The first-order valence-corrected chi connectivity index (χ1v) is 9.06. The number of alkyl halides is 1.